The van der Waals surface area contributed by atoms with Gasteiger partial charge in [0.2, 0.25) is 0 Å². The first-order valence-electron chi connectivity index (χ1n) is 11.8. The minimum Gasteiger partial charge on any atom is -0.492 e. The summed E-state index contributed by atoms with van der Waals surface area (Å²) in [5.74, 6) is 0.522. The molecule has 1 N–H and O–H groups in total. The molecule has 190 valence electrons. The van der Waals surface area contributed by atoms with Crippen molar-refractivity contribution in [2.24, 2.45) is 0 Å². The Bertz CT molecular complexity index is 1560. The zero-order valence-corrected chi connectivity index (χ0v) is 21.6. The maximum atomic E-state index is 13.5. The molecule has 1 aliphatic heterocycles. The lowest BCUT2D eigenvalue weighted by Crippen LogP contribution is -2.51. The van der Waals surface area contributed by atoms with Crippen LogP contribution in [0.1, 0.15) is 5.56 Å². The van der Waals surface area contributed by atoms with Gasteiger partial charge in [-0.05, 0) is 60.2 Å². The zero-order valence-electron chi connectivity index (χ0n) is 20.1. The first kappa shape index (κ1) is 24.9. The number of anilines is 1. The highest BCUT2D eigenvalue weighted by molar-refractivity contribution is 7.92. The second-order valence-corrected chi connectivity index (χ2v) is 11.0. The van der Waals surface area contributed by atoms with Crippen LogP contribution < -0.4 is 19.1 Å². The molecule has 37 heavy (non-hydrogen) atoms. The predicted molar refractivity (Wildman–Crippen MR) is 144 cm³/mol. The molecule has 7 nitrogen and oxygen atoms in total. The van der Waals surface area contributed by atoms with Gasteiger partial charge in [-0.25, -0.2) is 8.42 Å². The number of amides is 1. The Labute approximate surface area is 220 Å². The Balaban J connectivity index is 1.28. The highest BCUT2D eigenvalue weighted by atomic mass is 35.5. The Morgan fingerprint density at radius 1 is 1.03 bits per heavy atom. The molecule has 4 aromatic rings. The lowest BCUT2D eigenvalue weighted by Gasteiger charge is -2.34. The number of ether oxygens (including phenoxy) is 2. The van der Waals surface area contributed by atoms with Crippen molar-refractivity contribution in [1.82, 2.24) is 5.32 Å². The SMILES string of the molecule is Cc1ccc(S(=O)(=O)N2CC(C(=O)NCCOc3ccc4ccccc4c3)Oc3ccc(Cl)cc32)cc1. The maximum absolute atomic E-state index is 13.5. The second-order valence-electron chi connectivity index (χ2n) is 8.72. The van der Waals surface area contributed by atoms with Gasteiger partial charge in [-0.3, -0.25) is 9.10 Å². The molecular formula is C28H25ClN2O5S. The smallest absolute Gasteiger partial charge is 0.264 e. The summed E-state index contributed by atoms with van der Waals surface area (Å²) in [6.07, 6.45) is -1.05. The average Bonchev–Trinajstić information content (AvgIpc) is 2.90. The van der Waals surface area contributed by atoms with Crippen LogP contribution >= 0.6 is 11.6 Å². The topological polar surface area (TPSA) is 84.9 Å². The standard InChI is InChI=1S/C28H25ClN2O5S/c1-19-6-11-24(12-7-19)37(33,34)31-18-27(36-26-13-9-22(29)17-25(26)31)28(32)30-14-15-35-23-10-8-20-4-2-3-5-21(20)16-23/h2-13,16-17,27H,14-15,18H2,1H3,(H,30,32). The molecule has 0 aliphatic carbocycles. The van der Waals surface area contributed by atoms with E-state index >= 15 is 0 Å². The Morgan fingerprint density at radius 2 is 1.78 bits per heavy atom. The molecular weight excluding hydrogens is 512 g/mol. The largest absolute Gasteiger partial charge is 0.492 e. The first-order valence-corrected chi connectivity index (χ1v) is 13.6. The number of carbonyl (C=O) groups excluding carboxylic acids is 1. The molecule has 0 fully saturated rings. The fourth-order valence-electron chi connectivity index (χ4n) is 4.14. The molecule has 1 aliphatic rings. The summed E-state index contributed by atoms with van der Waals surface area (Å²) in [5.41, 5.74) is 1.23. The van der Waals surface area contributed by atoms with Gasteiger partial charge in [-0.15, -0.1) is 0 Å². The van der Waals surface area contributed by atoms with Crippen molar-refractivity contribution in [2.45, 2.75) is 17.9 Å². The lowest BCUT2D eigenvalue weighted by molar-refractivity contribution is -0.127. The van der Waals surface area contributed by atoms with Crippen LogP contribution in [0.2, 0.25) is 5.02 Å². The number of hydrogen-bond acceptors (Lipinski definition) is 5. The number of sulfonamides is 1. The number of carbonyl (C=O) groups is 1. The molecule has 0 saturated heterocycles. The van der Waals surface area contributed by atoms with Crippen LogP contribution in [-0.2, 0) is 14.8 Å². The van der Waals surface area contributed by atoms with Crippen molar-refractivity contribution < 1.29 is 22.7 Å². The third-order valence-electron chi connectivity index (χ3n) is 6.08. The van der Waals surface area contributed by atoms with E-state index in [1.54, 1.807) is 36.4 Å². The van der Waals surface area contributed by atoms with Crippen molar-refractivity contribution in [1.29, 1.82) is 0 Å². The van der Waals surface area contributed by atoms with Gasteiger partial charge in [-0.2, -0.15) is 0 Å². The third kappa shape index (κ3) is 5.35. The number of nitrogens with zero attached hydrogens (tertiary/aromatic N) is 1. The molecule has 0 radical (unpaired) electrons. The third-order valence-corrected chi connectivity index (χ3v) is 8.11. The lowest BCUT2D eigenvalue weighted by atomic mass is 10.1. The monoisotopic (exact) mass is 536 g/mol. The van der Waals surface area contributed by atoms with Crippen LogP contribution in [0.15, 0.2) is 89.8 Å². The number of rotatable bonds is 7. The number of benzene rings is 4. The van der Waals surface area contributed by atoms with Gasteiger partial charge in [0.15, 0.2) is 6.10 Å². The summed E-state index contributed by atoms with van der Waals surface area (Å²) in [5, 5.41) is 5.32. The van der Waals surface area contributed by atoms with E-state index in [9.17, 15) is 13.2 Å². The fraction of sp³-hybridized carbons (Fsp3) is 0.179. The first-order chi connectivity index (χ1) is 17.8. The molecule has 1 atom stereocenters. The van der Waals surface area contributed by atoms with Gasteiger partial charge in [0.05, 0.1) is 23.7 Å². The van der Waals surface area contributed by atoms with Gasteiger partial charge in [0.25, 0.3) is 15.9 Å². The molecule has 4 aromatic carbocycles. The second kappa shape index (κ2) is 10.3. The van der Waals surface area contributed by atoms with E-state index in [1.165, 1.54) is 10.4 Å². The summed E-state index contributed by atoms with van der Waals surface area (Å²) in [6, 6.07) is 25.0. The minimum absolute atomic E-state index is 0.119. The number of nitrogens with one attached hydrogen (secondary N) is 1. The summed E-state index contributed by atoms with van der Waals surface area (Å²) in [7, 11) is -3.96. The predicted octanol–water partition coefficient (Wildman–Crippen LogP) is 4.95. The van der Waals surface area contributed by atoms with Crippen molar-refractivity contribution in [3.05, 3.63) is 95.5 Å². The van der Waals surface area contributed by atoms with Crippen molar-refractivity contribution in [3.63, 3.8) is 0 Å². The van der Waals surface area contributed by atoms with Crippen molar-refractivity contribution in [3.8, 4) is 11.5 Å². The molecule has 0 aromatic heterocycles. The number of fused-ring (bicyclic) bond motifs is 2. The van der Waals surface area contributed by atoms with E-state index < -0.39 is 22.0 Å². The van der Waals surface area contributed by atoms with Gasteiger partial charge >= 0.3 is 0 Å². The normalized spacial score (nSPS) is 15.1. The highest BCUT2D eigenvalue weighted by Crippen LogP contribution is 2.38. The minimum atomic E-state index is -3.96. The van der Waals surface area contributed by atoms with Crippen molar-refractivity contribution in [2.75, 3.05) is 24.0 Å². The number of halogens is 1. The zero-order chi connectivity index (χ0) is 26.0. The fourth-order valence-corrected chi connectivity index (χ4v) is 5.77. The summed E-state index contributed by atoms with van der Waals surface area (Å²) in [6.45, 7) is 2.16. The van der Waals surface area contributed by atoms with Crippen LogP contribution in [-0.4, -0.2) is 40.1 Å². The van der Waals surface area contributed by atoms with Gasteiger partial charge in [0.1, 0.15) is 18.1 Å². The van der Waals surface area contributed by atoms with Gasteiger partial charge in [0, 0.05) is 5.02 Å². The van der Waals surface area contributed by atoms with Crippen molar-refractivity contribution >= 4 is 44.0 Å². The highest BCUT2D eigenvalue weighted by Gasteiger charge is 2.37. The van der Waals surface area contributed by atoms with Gasteiger partial charge in [-0.1, -0.05) is 59.6 Å². The Morgan fingerprint density at radius 3 is 2.57 bits per heavy atom. The summed E-state index contributed by atoms with van der Waals surface area (Å²) < 4.78 is 39.9. The van der Waals surface area contributed by atoms with Gasteiger partial charge < -0.3 is 14.8 Å². The maximum Gasteiger partial charge on any atom is 0.264 e. The van der Waals surface area contributed by atoms with Crippen LogP contribution in [0.5, 0.6) is 11.5 Å². The quantitative estimate of drug-likeness (QED) is 0.338. The average molecular weight is 537 g/mol. The van der Waals surface area contributed by atoms with Crippen LogP contribution in [0.3, 0.4) is 0 Å². The van der Waals surface area contributed by atoms with E-state index in [4.69, 9.17) is 21.1 Å². The van der Waals surface area contributed by atoms with E-state index in [1.807, 2.05) is 49.4 Å². The summed E-state index contributed by atoms with van der Waals surface area (Å²) in [4.78, 5) is 13.1. The Kier molecular flexibility index (Phi) is 6.95. The Hall–Kier alpha value is -3.75. The summed E-state index contributed by atoms with van der Waals surface area (Å²) >= 11 is 6.15. The van der Waals surface area contributed by atoms with E-state index in [0.29, 0.717) is 10.8 Å². The molecule has 0 bridgehead atoms. The van der Waals surface area contributed by atoms with E-state index in [-0.39, 0.29) is 36.0 Å². The number of hydrogen-bond donors (Lipinski definition) is 1. The van der Waals surface area contributed by atoms with Crippen LogP contribution in [0, 0.1) is 6.92 Å². The molecule has 1 amide bonds. The molecule has 1 heterocycles. The molecule has 5 rings (SSSR count). The van der Waals surface area contributed by atoms with Crippen LogP contribution in [0.4, 0.5) is 5.69 Å². The molecule has 0 saturated carbocycles. The van der Waals surface area contributed by atoms with E-state index in [2.05, 4.69) is 5.32 Å². The molecule has 0 spiro atoms. The molecule has 9 heteroatoms. The number of aryl methyl sites for hydroxylation is 1. The van der Waals surface area contributed by atoms with E-state index in [0.717, 1.165) is 16.3 Å². The molecule has 1 unspecified atom stereocenters. The van der Waals surface area contributed by atoms with Crippen LogP contribution in [0.25, 0.3) is 10.8 Å².